The Morgan fingerprint density at radius 2 is 1.95 bits per heavy atom. The highest BCUT2D eigenvalue weighted by Gasteiger charge is 2.20. The number of fused-ring (bicyclic) bond motifs is 1. The van der Waals surface area contributed by atoms with E-state index in [2.05, 4.69) is 31.5 Å². The number of hydrogen-bond donors (Lipinski definition) is 4. The number of Topliss-reactive ketones (excluding diaryl/α,β-unsaturated/α-hetero) is 1. The molecule has 39 heavy (non-hydrogen) atoms. The fraction of sp³-hybridized carbons (Fsp3) is 0.172. The van der Waals surface area contributed by atoms with Crippen LogP contribution in [0.3, 0.4) is 0 Å². The number of nitrogens with zero attached hydrogens (tertiary/aromatic N) is 2. The molecule has 0 aliphatic carbocycles. The van der Waals surface area contributed by atoms with Crippen molar-refractivity contribution in [1.29, 1.82) is 0 Å². The molecule has 2 aliphatic heterocycles. The maximum atomic E-state index is 14.7. The predicted molar refractivity (Wildman–Crippen MR) is 152 cm³/mol. The van der Waals surface area contributed by atoms with Gasteiger partial charge in [0.05, 0.1) is 28.5 Å². The fourth-order valence-electron chi connectivity index (χ4n) is 4.42. The van der Waals surface area contributed by atoms with Crippen molar-refractivity contribution in [1.82, 2.24) is 15.7 Å². The van der Waals surface area contributed by atoms with E-state index in [1.165, 1.54) is 23.0 Å². The van der Waals surface area contributed by atoms with E-state index < -0.39 is 5.82 Å². The Kier molecular flexibility index (Phi) is 6.87. The Morgan fingerprint density at radius 3 is 2.72 bits per heavy atom. The number of halogens is 1. The number of allylic oxidation sites excluding steroid dienone is 1. The molecule has 0 atom stereocenters. The average Bonchev–Trinajstić information content (AvgIpc) is 3.35. The lowest BCUT2D eigenvalue weighted by Gasteiger charge is -2.27. The summed E-state index contributed by atoms with van der Waals surface area (Å²) in [5.74, 6) is -0.0194. The van der Waals surface area contributed by atoms with Crippen molar-refractivity contribution in [3.63, 3.8) is 0 Å². The maximum absolute atomic E-state index is 14.7. The number of thiophene rings is 1. The van der Waals surface area contributed by atoms with Crippen molar-refractivity contribution in [2.24, 2.45) is 5.10 Å². The van der Waals surface area contributed by atoms with Gasteiger partial charge in [-0.05, 0) is 41.3 Å². The summed E-state index contributed by atoms with van der Waals surface area (Å²) in [5, 5.41) is 14.4. The summed E-state index contributed by atoms with van der Waals surface area (Å²) in [7, 11) is 0. The Balaban J connectivity index is 1.18. The number of ketones is 1. The zero-order valence-electron chi connectivity index (χ0n) is 20.8. The van der Waals surface area contributed by atoms with Crippen LogP contribution in [0.25, 0.3) is 10.1 Å². The molecule has 0 saturated carbocycles. The van der Waals surface area contributed by atoms with Crippen LogP contribution < -0.4 is 21.4 Å². The van der Waals surface area contributed by atoms with Gasteiger partial charge < -0.3 is 21.4 Å². The minimum Gasteiger partial charge on any atom is -0.338 e. The molecular formula is C29H25FN6O2S. The zero-order valence-corrected chi connectivity index (χ0v) is 21.6. The quantitative estimate of drug-likeness (QED) is 0.284. The molecule has 4 heterocycles. The first-order valence-electron chi connectivity index (χ1n) is 12.6. The zero-order chi connectivity index (χ0) is 26.8. The Hall–Kier alpha value is -4.41. The second-order valence-electron chi connectivity index (χ2n) is 9.39. The Labute approximate surface area is 228 Å². The summed E-state index contributed by atoms with van der Waals surface area (Å²) in [5.41, 5.74) is 5.66. The van der Waals surface area contributed by atoms with Gasteiger partial charge in [0.1, 0.15) is 11.6 Å². The van der Waals surface area contributed by atoms with E-state index in [-0.39, 0.29) is 23.9 Å². The molecule has 0 radical (unpaired) electrons. The number of carbonyl (C=O) groups excluding carboxylic acids is 2. The molecule has 4 aromatic rings. The van der Waals surface area contributed by atoms with Crippen LogP contribution in [0, 0.1) is 5.82 Å². The van der Waals surface area contributed by atoms with Crippen molar-refractivity contribution in [3.8, 4) is 0 Å². The van der Waals surface area contributed by atoms with E-state index in [1.54, 1.807) is 24.3 Å². The van der Waals surface area contributed by atoms with Gasteiger partial charge in [-0.25, -0.2) is 9.37 Å². The fourth-order valence-corrected chi connectivity index (χ4v) is 5.38. The van der Waals surface area contributed by atoms with E-state index in [0.29, 0.717) is 40.0 Å². The molecule has 8 nitrogen and oxygen atoms in total. The van der Waals surface area contributed by atoms with Gasteiger partial charge in [-0.1, -0.05) is 36.4 Å². The van der Waals surface area contributed by atoms with Crippen LogP contribution in [-0.2, 0) is 4.79 Å². The highest BCUT2D eigenvalue weighted by Crippen LogP contribution is 2.27. The summed E-state index contributed by atoms with van der Waals surface area (Å²) < 4.78 is 15.7. The number of carbonyl (C=O) groups is 2. The first kappa shape index (κ1) is 24.9. The van der Waals surface area contributed by atoms with Crippen molar-refractivity contribution in [2.45, 2.75) is 12.3 Å². The van der Waals surface area contributed by atoms with Crippen LogP contribution in [0.4, 0.5) is 15.9 Å². The topological polar surface area (TPSA) is 108 Å². The third kappa shape index (κ3) is 5.43. The van der Waals surface area contributed by atoms with Crippen molar-refractivity contribution < 1.29 is 14.0 Å². The minimum absolute atomic E-state index is 0.00904. The normalized spacial score (nSPS) is 18.5. The number of rotatable bonds is 6. The number of anilines is 2. The van der Waals surface area contributed by atoms with Crippen LogP contribution in [0.15, 0.2) is 83.7 Å². The number of aromatic nitrogens is 1. The van der Waals surface area contributed by atoms with E-state index in [9.17, 15) is 14.0 Å². The van der Waals surface area contributed by atoms with E-state index in [0.717, 1.165) is 23.2 Å². The second-order valence-corrected chi connectivity index (χ2v) is 10.5. The Bertz CT molecular complexity index is 1590. The summed E-state index contributed by atoms with van der Waals surface area (Å²) >= 11 is 1.35. The smallest absolute Gasteiger partial charge is 0.265 e. The lowest BCUT2D eigenvalue weighted by molar-refractivity contribution is -0.114. The summed E-state index contributed by atoms with van der Waals surface area (Å²) in [4.78, 5) is 30.5. The summed E-state index contributed by atoms with van der Waals surface area (Å²) in [6.45, 7) is 1.89. The van der Waals surface area contributed by atoms with Gasteiger partial charge in [-0.2, -0.15) is 5.10 Å². The van der Waals surface area contributed by atoms with Crippen molar-refractivity contribution >= 4 is 50.3 Å². The highest BCUT2D eigenvalue weighted by atomic mass is 32.1. The molecule has 2 aromatic carbocycles. The standard InChI is InChI=1S/C29H25FN6O2S/c30-21-7-5-17(11-24(21)35-29(38)27-12-18-3-1-2-4-26(18)39-27)22-8-9-23(25(37)16-33-36-22)34-28-10-6-19(15-32-28)20-13-31-14-20/h1-7,9-12,15,20,31,33H,8,13-14,16H2,(H,32,34)(H,35,38)/b23-9+,36-22+. The third-order valence-corrected chi connectivity index (χ3v) is 7.87. The maximum Gasteiger partial charge on any atom is 0.265 e. The van der Waals surface area contributed by atoms with Gasteiger partial charge in [0.25, 0.3) is 5.91 Å². The first-order valence-corrected chi connectivity index (χ1v) is 13.4. The molecule has 1 fully saturated rings. The number of pyridine rings is 1. The molecule has 0 bridgehead atoms. The predicted octanol–water partition coefficient (Wildman–Crippen LogP) is 4.64. The largest absolute Gasteiger partial charge is 0.338 e. The van der Waals surface area contributed by atoms with Crippen LogP contribution in [0.1, 0.15) is 33.1 Å². The Morgan fingerprint density at radius 1 is 1.08 bits per heavy atom. The molecule has 1 saturated heterocycles. The van der Waals surface area contributed by atoms with Crippen molar-refractivity contribution in [2.75, 3.05) is 30.3 Å². The van der Waals surface area contributed by atoms with Crippen LogP contribution in [-0.4, -0.2) is 42.0 Å². The average molecular weight is 541 g/mol. The van der Waals surface area contributed by atoms with E-state index >= 15 is 0 Å². The van der Waals surface area contributed by atoms with Crippen molar-refractivity contribution in [3.05, 3.63) is 100 Å². The van der Waals surface area contributed by atoms with Gasteiger partial charge in [0.15, 0.2) is 5.78 Å². The highest BCUT2D eigenvalue weighted by molar-refractivity contribution is 7.20. The van der Waals surface area contributed by atoms with Crippen LogP contribution in [0.2, 0.25) is 0 Å². The van der Waals surface area contributed by atoms with Gasteiger partial charge in [0, 0.05) is 41.9 Å². The summed E-state index contributed by atoms with van der Waals surface area (Å²) in [6, 6.07) is 17.8. The molecule has 0 spiro atoms. The lowest BCUT2D eigenvalue weighted by Crippen LogP contribution is -2.39. The number of hydrazone groups is 1. The van der Waals surface area contributed by atoms with Gasteiger partial charge in [-0.15, -0.1) is 11.3 Å². The van der Waals surface area contributed by atoms with E-state index in [1.807, 2.05) is 42.6 Å². The van der Waals surface area contributed by atoms with Gasteiger partial charge >= 0.3 is 0 Å². The second kappa shape index (κ2) is 10.8. The molecule has 1 amide bonds. The number of hydrogen-bond acceptors (Lipinski definition) is 8. The number of nitrogens with one attached hydrogen (secondary N) is 4. The molecule has 10 heteroatoms. The molecule has 2 aliphatic rings. The molecular weight excluding hydrogens is 515 g/mol. The van der Waals surface area contributed by atoms with E-state index in [4.69, 9.17) is 0 Å². The molecule has 2 aromatic heterocycles. The molecule has 4 N–H and O–H groups in total. The van der Waals surface area contributed by atoms with Gasteiger partial charge in [0.2, 0.25) is 0 Å². The molecule has 0 unspecified atom stereocenters. The van der Waals surface area contributed by atoms with Crippen LogP contribution in [0.5, 0.6) is 0 Å². The monoisotopic (exact) mass is 540 g/mol. The summed E-state index contributed by atoms with van der Waals surface area (Å²) in [6.07, 6.45) is 3.90. The molecule has 6 rings (SSSR count). The number of benzene rings is 2. The van der Waals surface area contributed by atoms with Gasteiger partial charge in [-0.3, -0.25) is 9.59 Å². The van der Waals surface area contributed by atoms with Crippen LogP contribution >= 0.6 is 11.3 Å². The third-order valence-electron chi connectivity index (χ3n) is 6.75. The number of amides is 1. The minimum atomic E-state index is -0.548. The lowest BCUT2D eigenvalue weighted by atomic mass is 9.95. The molecule has 196 valence electrons. The SMILES string of the molecule is O=C1CN/N=C(/c2ccc(F)c(NC(=O)c3cc4ccccc4s3)c2)C/C=C\1Nc1ccc(C2CNC2)cn1. The first-order chi connectivity index (χ1) is 19.0.